The van der Waals surface area contributed by atoms with Crippen LogP contribution in [0.2, 0.25) is 5.02 Å². The van der Waals surface area contributed by atoms with Crippen molar-refractivity contribution < 1.29 is 9.53 Å². The summed E-state index contributed by atoms with van der Waals surface area (Å²) in [5.74, 6) is -0.577. The Hall–Kier alpha value is -3.97. The molecule has 2 aromatic carbocycles. The number of nitrogens with zero attached hydrogens (tertiary/aromatic N) is 3. The van der Waals surface area contributed by atoms with E-state index in [0.717, 1.165) is 15.9 Å². The highest BCUT2D eigenvalue weighted by Crippen LogP contribution is 2.28. The van der Waals surface area contributed by atoms with Crippen LogP contribution in [0, 0.1) is 0 Å². The zero-order valence-electron chi connectivity index (χ0n) is 17.1. The Morgan fingerprint density at radius 3 is 2.47 bits per heavy atom. The van der Waals surface area contributed by atoms with Crippen LogP contribution in [0.3, 0.4) is 0 Å². The van der Waals surface area contributed by atoms with Crippen LogP contribution in [0.15, 0.2) is 90.0 Å². The number of esters is 1. The molecule has 0 aliphatic heterocycles. The van der Waals surface area contributed by atoms with Gasteiger partial charge in [-0.2, -0.15) is 9.78 Å². The van der Waals surface area contributed by atoms with Crippen molar-refractivity contribution >= 4 is 23.3 Å². The molecule has 0 fully saturated rings. The molecular formula is C24H19ClN4O3. The smallest absolute Gasteiger partial charge is 0.340 e. The Morgan fingerprint density at radius 2 is 1.75 bits per heavy atom. The number of anilines is 1. The normalized spacial score (nSPS) is 11.6. The summed E-state index contributed by atoms with van der Waals surface area (Å²) in [5, 5.41) is 7.48. The van der Waals surface area contributed by atoms with Crippen LogP contribution in [0.5, 0.6) is 0 Å². The lowest BCUT2D eigenvalue weighted by molar-refractivity contribution is 0.0600. The van der Waals surface area contributed by atoms with Gasteiger partial charge in [0.1, 0.15) is 5.02 Å². The van der Waals surface area contributed by atoms with Crippen LogP contribution in [0.25, 0.3) is 5.69 Å². The fourth-order valence-corrected chi connectivity index (χ4v) is 3.51. The number of hydrogen-bond acceptors (Lipinski definition) is 6. The molecule has 2 heterocycles. The van der Waals surface area contributed by atoms with Crippen molar-refractivity contribution in [2.45, 2.75) is 6.04 Å². The van der Waals surface area contributed by atoms with Crippen LogP contribution >= 0.6 is 11.6 Å². The minimum absolute atomic E-state index is 0.0588. The molecule has 4 rings (SSSR count). The zero-order valence-corrected chi connectivity index (χ0v) is 17.9. The topological polar surface area (TPSA) is 86.1 Å². The quantitative estimate of drug-likeness (QED) is 0.445. The standard InChI is InChI=1S/C24H19ClN4O3/c1-32-24(31)17-11-5-6-13-20(17)29-23(30)21(25)19(15-27-29)28-22(16-9-3-2-4-10-16)18-12-7-8-14-26-18/h2-15,22,28H,1H3. The molecule has 0 aliphatic carbocycles. The first-order valence-electron chi connectivity index (χ1n) is 9.78. The molecule has 7 nitrogen and oxygen atoms in total. The van der Waals surface area contributed by atoms with Gasteiger partial charge in [0.05, 0.1) is 42.0 Å². The largest absolute Gasteiger partial charge is 0.465 e. The van der Waals surface area contributed by atoms with Crippen molar-refractivity contribution in [1.82, 2.24) is 14.8 Å². The van der Waals surface area contributed by atoms with Crippen LogP contribution in [-0.2, 0) is 4.74 Å². The summed E-state index contributed by atoms with van der Waals surface area (Å²) in [5.41, 5.74) is 1.97. The van der Waals surface area contributed by atoms with Crippen molar-refractivity contribution in [3.8, 4) is 5.69 Å². The molecule has 1 unspecified atom stereocenters. The highest BCUT2D eigenvalue weighted by atomic mass is 35.5. The Balaban J connectivity index is 1.76. The highest BCUT2D eigenvalue weighted by Gasteiger charge is 2.20. The number of ether oxygens (including phenoxy) is 1. The molecule has 1 N–H and O–H groups in total. The van der Waals surface area contributed by atoms with Gasteiger partial charge < -0.3 is 10.1 Å². The van der Waals surface area contributed by atoms with E-state index in [1.807, 2.05) is 48.5 Å². The molecule has 0 spiro atoms. The SMILES string of the molecule is COC(=O)c1ccccc1-n1ncc(NC(c2ccccc2)c2ccccn2)c(Cl)c1=O. The molecule has 4 aromatic rings. The second-order valence-corrected chi connectivity index (χ2v) is 7.22. The van der Waals surface area contributed by atoms with Gasteiger partial charge in [-0.3, -0.25) is 9.78 Å². The van der Waals surface area contributed by atoms with Crippen LogP contribution in [0.4, 0.5) is 5.69 Å². The average molecular weight is 447 g/mol. The van der Waals surface area contributed by atoms with Crippen molar-refractivity contribution in [1.29, 1.82) is 0 Å². The summed E-state index contributed by atoms with van der Waals surface area (Å²) < 4.78 is 5.89. The summed E-state index contributed by atoms with van der Waals surface area (Å²) >= 11 is 6.46. The molecule has 32 heavy (non-hydrogen) atoms. The third kappa shape index (κ3) is 4.24. The van der Waals surface area contributed by atoms with Gasteiger partial charge in [0.2, 0.25) is 0 Å². The molecule has 0 amide bonds. The Morgan fingerprint density at radius 1 is 1.03 bits per heavy atom. The molecule has 0 bridgehead atoms. The van der Waals surface area contributed by atoms with Crippen molar-refractivity contribution in [2.24, 2.45) is 0 Å². The van der Waals surface area contributed by atoms with E-state index in [1.165, 1.54) is 13.3 Å². The van der Waals surface area contributed by atoms with Gasteiger partial charge in [0.15, 0.2) is 0 Å². The lowest BCUT2D eigenvalue weighted by Crippen LogP contribution is -2.25. The molecule has 160 valence electrons. The minimum Gasteiger partial charge on any atom is -0.465 e. The first-order chi connectivity index (χ1) is 15.6. The number of nitrogens with one attached hydrogen (secondary N) is 1. The number of carbonyl (C=O) groups excluding carboxylic acids is 1. The van der Waals surface area contributed by atoms with E-state index in [0.29, 0.717) is 5.69 Å². The van der Waals surface area contributed by atoms with Crippen molar-refractivity contribution in [3.63, 3.8) is 0 Å². The first kappa shape index (κ1) is 21.3. The van der Waals surface area contributed by atoms with E-state index in [1.54, 1.807) is 30.5 Å². The monoisotopic (exact) mass is 446 g/mol. The van der Waals surface area contributed by atoms with Gasteiger partial charge >= 0.3 is 5.97 Å². The summed E-state index contributed by atoms with van der Waals surface area (Å²) in [6.07, 6.45) is 3.16. The fourth-order valence-electron chi connectivity index (χ4n) is 3.32. The molecule has 2 aromatic heterocycles. The number of hydrogen-bond donors (Lipinski definition) is 1. The van der Waals surface area contributed by atoms with E-state index in [9.17, 15) is 9.59 Å². The summed E-state index contributed by atoms with van der Waals surface area (Å²) in [6.45, 7) is 0. The molecule has 0 saturated carbocycles. The fraction of sp³-hybridized carbons (Fsp3) is 0.0833. The van der Waals surface area contributed by atoms with E-state index < -0.39 is 11.5 Å². The third-order valence-corrected chi connectivity index (χ3v) is 5.24. The van der Waals surface area contributed by atoms with Crippen LogP contribution in [-0.4, -0.2) is 27.8 Å². The van der Waals surface area contributed by atoms with Crippen LogP contribution in [0.1, 0.15) is 27.7 Å². The van der Waals surface area contributed by atoms with Gasteiger partial charge in [-0.1, -0.05) is 60.1 Å². The number of carbonyl (C=O) groups is 1. The second-order valence-electron chi connectivity index (χ2n) is 6.84. The predicted molar refractivity (Wildman–Crippen MR) is 122 cm³/mol. The maximum atomic E-state index is 13.1. The summed E-state index contributed by atoms with van der Waals surface area (Å²) in [4.78, 5) is 29.6. The number of aromatic nitrogens is 3. The number of halogens is 1. The number of benzene rings is 2. The third-order valence-electron chi connectivity index (χ3n) is 4.87. The molecule has 0 radical (unpaired) electrons. The predicted octanol–water partition coefficient (Wildman–Crippen LogP) is 4.27. The Labute approximate surface area is 189 Å². The molecule has 0 aliphatic rings. The zero-order chi connectivity index (χ0) is 22.5. The lowest BCUT2D eigenvalue weighted by atomic mass is 10.0. The van der Waals surface area contributed by atoms with E-state index >= 15 is 0 Å². The van der Waals surface area contributed by atoms with Gasteiger partial charge in [-0.15, -0.1) is 0 Å². The molecule has 1 atom stereocenters. The Bertz CT molecular complexity index is 1250. The minimum atomic E-state index is -0.577. The maximum Gasteiger partial charge on any atom is 0.340 e. The highest BCUT2D eigenvalue weighted by molar-refractivity contribution is 6.33. The average Bonchev–Trinajstić information content (AvgIpc) is 2.85. The number of para-hydroxylation sites is 1. The molecule has 0 saturated heterocycles. The van der Waals surface area contributed by atoms with Crippen molar-refractivity contribution in [2.75, 3.05) is 12.4 Å². The van der Waals surface area contributed by atoms with Crippen molar-refractivity contribution in [3.05, 3.63) is 117 Å². The lowest BCUT2D eigenvalue weighted by Gasteiger charge is -2.21. The van der Waals surface area contributed by atoms with Gasteiger partial charge in [0.25, 0.3) is 5.56 Å². The summed E-state index contributed by atoms with van der Waals surface area (Å²) in [7, 11) is 1.27. The molecular weight excluding hydrogens is 428 g/mol. The van der Waals surface area contributed by atoms with E-state index in [4.69, 9.17) is 16.3 Å². The van der Waals surface area contributed by atoms with E-state index in [-0.39, 0.29) is 22.3 Å². The molecule has 8 heteroatoms. The van der Waals surface area contributed by atoms with Gasteiger partial charge in [-0.25, -0.2) is 4.79 Å². The van der Waals surface area contributed by atoms with Gasteiger partial charge in [0, 0.05) is 6.20 Å². The second kappa shape index (κ2) is 9.45. The first-order valence-corrected chi connectivity index (χ1v) is 10.2. The number of rotatable bonds is 6. The van der Waals surface area contributed by atoms with Crippen LogP contribution < -0.4 is 10.9 Å². The number of methoxy groups -OCH3 is 1. The summed E-state index contributed by atoms with van der Waals surface area (Å²) in [6, 6.07) is 21.5. The maximum absolute atomic E-state index is 13.1. The van der Waals surface area contributed by atoms with E-state index in [2.05, 4.69) is 15.4 Å². The number of pyridine rings is 1. The van der Waals surface area contributed by atoms with Gasteiger partial charge in [-0.05, 0) is 29.8 Å². The Kier molecular flexibility index (Phi) is 6.28.